The second-order valence-electron chi connectivity index (χ2n) is 5.73. The Morgan fingerprint density at radius 3 is 2.52 bits per heavy atom. The van der Waals surface area contributed by atoms with Crippen LogP contribution in [0.5, 0.6) is 17.2 Å². The number of halogens is 1. The van der Waals surface area contributed by atoms with E-state index in [0.29, 0.717) is 40.4 Å². The number of hydrogen-bond donors (Lipinski definition) is 2. The first-order valence-corrected chi connectivity index (χ1v) is 8.36. The Morgan fingerprint density at radius 2 is 1.85 bits per heavy atom. The lowest BCUT2D eigenvalue weighted by molar-refractivity contribution is 0.102. The number of benzene rings is 2. The number of rotatable bonds is 8. The van der Waals surface area contributed by atoms with Gasteiger partial charge in [0.2, 0.25) is 0 Å². The summed E-state index contributed by atoms with van der Waals surface area (Å²) in [5.41, 5.74) is 1.11. The van der Waals surface area contributed by atoms with E-state index < -0.39 is 6.67 Å². The van der Waals surface area contributed by atoms with E-state index in [1.807, 2.05) is 0 Å². The third-order valence-electron chi connectivity index (χ3n) is 3.93. The van der Waals surface area contributed by atoms with E-state index in [0.717, 1.165) is 5.52 Å². The molecule has 2 aromatic carbocycles. The molecule has 0 spiro atoms. The maximum Gasteiger partial charge on any atom is 0.257 e. The molecule has 0 aliphatic carbocycles. The summed E-state index contributed by atoms with van der Waals surface area (Å²) in [6.45, 7) is -0.148. The Labute approximate surface area is 155 Å². The van der Waals surface area contributed by atoms with Crippen molar-refractivity contribution in [1.82, 2.24) is 10.2 Å². The molecule has 1 amide bonds. The number of alkyl halides is 1. The number of nitrogens with zero attached hydrogens (tertiary/aromatic N) is 1. The van der Waals surface area contributed by atoms with Gasteiger partial charge in [0.1, 0.15) is 17.2 Å². The third kappa shape index (κ3) is 4.28. The smallest absolute Gasteiger partial charge is 0.257 e. The molecule has 0 fully saturated rings. The Bertz CT molecular complexity index is 920. The Morgan fingerprint density at radius 1 is 1.11 bits per heavy atom. The van der Waals surface area contributed by atoms with Gasteiger partial charge in [-0.3, -0.25) is 14.3 Å². The van der Waals surface area contributed by atoms with Gasteiger partial charge in [-0.25, -0.2) is 0 Å². The Hall–Kier alpha value is -3.29. The van der Waals surface area contributed by atoms with Gasteiger partial charge in [-0.1, -0.05) is 0 Å². The maximum absolute atomic E-state index is 12.6. The monoisotopic (exact) mass is 373 g/mol. The van der Waals surface area contributed by atoms with Crippen LogP contribution < -0.4 is 19.5 Å². The minimum atomic E-state index is -0.431. The third-order valence-corrected chi connectivity index (χ3v) is 3.93. The number of anilines is 1. The van der Waals surface area contributed by atoms with Crippen LogP contribution in [-0.4, -0.2) is 43.6 Å². The molecule has 3 aromatic rings. The molecule has 1 heterocycles. The molecule has 0 unspecified atom stereocenters. The summed E-state index contributed by atoms with van der Waals surface area (Å²) in [5.74, 6) is 1.61. The number of H-pyrrole nitrogens is 1. The van der Waals surface area contributed by atoms with Crippen LogP contribution in [0, 0.1) is 0 Å². The molecule has 0 saturated carbocycles. The highest BCUT2D eigenvalue weighted by Gasteiger charge is 2.14. The van der Waals surface area contributed by atoms with Gasteiger partial charge in [-0.05, 0) is 30.3 Å². The summed E-state index contributed by atoms with van der Waals surface area (Å²) in [7, 11) is 3.03. The average molecular weight is 373 g/mol. The zero-order chi connectivity index (χ0) is 19.2. The molecule has 7 nitrogen and oxygen atoms in total. The summed E-state index contributed by atoms with van der Waals surface area (Å²) in [5, 5.41) is 10.5. The number of fused-ring (bicyclic) bond motifs is 1. The fourth-order valence-electron chi connectivity index (χ4n) is 2.54. The first kappa shape index (κ1) is 18.5. The molecular weight excluding hydrogens is 353 g/mol. The maximum atomic E-state index is 12.6. The molecule has 0 bridgehead atoms. The van der Waals surface area contributed by atoms with Crippen molar-refractivity contribution in [3.8, 4) is 17.2 Å². The summed E-state index contributed by atoms with van der Waals surface area (Å²) in [6.07, 6.45) is 0.324. The van der Waals surface area contributed by atoms with Crippen molar-refractivity contribution in [2.24, 2.45) is 0 Å². The highest BCUT2D eigenvalue weighted by atomic mass is 19.1. The van der Waals surface area contributed by atoms with Crippen molar-refractivity contribution in [3.05, 3.63) is 42.0 Å². The molecule has 142 valence electrons. The Balaban J connectivity index is 1.83. The number of carbonyl (C=O) groups is 1. The zero-order valence-electron chi connectivity index (χ0n) is 15.0. The van der Waals surface area contributed by atoms with Crippen LogP contribution in [0.4, 0.5) is 10.2 Å². The average Bonchev–Trinajstić information content (AvgIpc) is 3.09. The molecule has 2 N–H and O–H groups in total. The van der Waals surface area contributed by atoms with Crippen LogP contribution in [0.25, 0.3) is 10.9 Å². The predicted molar refractivity (Wildman–Crippen MR) is 99.7 cm³/mol. The number of nitrogens with one attached hydrogen (secondary N) is 2. The van der Waals surface area contributed by atoms with Crippen molar-refractivity contribution in [1.29, 1.82) is 0 Å². The largest absolute Gasteiger partial charge is 0.497 e. The van der Waals surface area contributed by atoms with Gasteiger partial charge in [-0.15, -0.1) is 0 Å². The van der Waals surface area contributed by atoms with Crippen LogP contribution in [0.3, 0.4) is 0 Å². The molecule has 0 aliphatic heterocycles. The fraction of sp³-hybridized carbons (Fsp3) is 0.263. The molecule has 27 heavy (non-hydrogen) atoms. The molecule has 0 saturated heterocycles. The van der Waals surface area contributed by atoms with Gasteiger partial charge in [0.25, 0.3) is 5.91 Å². The quantitative estimate of drug-likeness (QED) is 0.590. The number of aromatic amines is 1. The van der Waals surface area contributed by atoms with E-state index in [9.17, 15) is 9.18 Å². The molecule has 3 rings (SSSR count). The van der Waals surface area contributed by atoms with Crippen LogP contribution in [0.2, 0.25) is 0 Å². The van der Waals surface area contributed by atoms with Crippen molar-refractivity contribution >= 4 is 22.6 Å². The lowest BCUT2D eigenvalue weighted by atomic mass is 10.1. The topological polar surface area (TPSA) is 85.5 Å². The van der Waals surface area contributed by atoms with E-state index in [2.05, 4.69) is 15.5 Å². The molecule has 0 radical (unpaired) electrons. The lowest BCUT2D eigenvalue weighted by Crippen LogP contribution is -2.12. The minimum Gasteiger partial charge on any atom is -0.497 e. The van der Waals surface area contributed by atoms with Crippen molar-refractivity contribution < 1.29 is 23.4 Å². The van der Waals surface area contributed by atoms with Crippen molar-refractivity contribution in [2.45, 2.75) is 6.42 Å². The van der Waals surface area contributed by atoms with Crippen LogP contribution in [-0.2, 0) is 0 Å². The van der Waals surface area contributed by atoms with Gasteiger partial charge in [0.15, 0.2) is 5.82 Å². The standard InChI is InChI=1S/C19H20FN3O4/c1-25-14-8-12(9-15(10-14)26-2)19(24)21-18-16-11-13(27-7-3-6-20)4-5-17(16)22-23-18/h4-5,8-11H,3,6-7H2,1-2H3,(H2,21,22,23,24). The molecule has 1 aromatic heterocycles. The summed E-state index contributed by atoms with van der Waals surface area (Å²) < 4.78 is 28.1. The zero-order valence-corrected chi connectivity index (χ0v) is 15.0. The second-order valence-corrected chi connectivity index (χ2v) is 5.73. The van der Waals surface area contributed by atoms with E-state index in [1.165, 1.54) is 14.2 Å². The number of ether oxygens (including phenoxy) is 3. The first-order chi connectivity index (χ1) is 13.1. The highest BCUT2D eigenvalue weighted by Crippen LogP contribution is 2.27. The number of aromatic nitrogens is 2. The molecule has 0 aliphatic rings. The SMILES string of the molecule is COc1cc(OC)cc(C(=O)Nc2n[nH]c3ccc(OCCCF)cc23)c1. The first-order valence-electron chi connectivity index (χ1n) is 8.36. The van der Waals surface area contributed by atoms with E-state index >= 15 is 0 Å². The van der Waals surface area contributed by atoms with Gasteiger partial charge < -0.3 is 19.5 Å². The molecular formula is C19H20FN3O4. The summed E-state index contributed by atoms with van der Waals surface area (Å²) in [4.78, 5) is 12.6. The van der Waals surface area contributed by atoms with Gasteiger partial charge >= 0.3 is 0 Å². The normalized spacial score (nSPS) is 10.6. The fourth-order valence-corrected chi connectivity index (χ4v) is 2.54. The second kappa shape index (κ2) is 8.39. The van der Waals surface area contributed by atoms with Crippen LogP contribution >= 0.6 is 0 Å². The number of carbonyl (C=O) groups excluding carboxylic acids is 1. The van der Waals surface area contributed by atoms with Crippen molar-refractivity contribution in [3.63, 3.8) is 0 Å². The van der Waals surface area contributed by atoms with E-state index in [-0.39, 0.29) is 12.5 Å². The van der Waals surface area contributed by atoms with Gasteiger partial charge in [0.05, 0.1) is 33.0 Å². The number of methoxy groups -OCH3 is 2. The summed E-state index contributed by atoms with van der Waals surface area (Å²) >= 11 is 0. The summed E-state index contributed by atoms with van der Waals surface area (Å²) in [6, 6.07) is 10.2. The van der Waals surface area contributed by atoms with Crippen molar-refractivity contribution in [2.75, 3.05) is 32.8 Å². The minimum absolute atomic E-state index is 0.283. The Kier molecular flexibility index (Phi) is 5.75. The molecule has 0 atom stereocenters. The predicted octanol–water partition coefficient (Wildman–Crippen LogP) is 3.57. The van der Waals surface area contributed by atoms with Crippen LogP contribution in [0.1, 0.15) is 16.8 Å². The van der Waals surface area contributed by atoms with Gasteiger partial charge in [0, 0.05) is 23.4 Å². The van der Waals surface area contributed by atoms with Gasteiger partial charge in [-0.2, -0.15) is 5.10 Å². The number of hydrogen-bond acceptors (Lipinski definition) is 5. The van der Waals surface area contributed by atoms with E-state index in [4.69, 9.17) is 14.2 Å². The number of amides is 1. The van der Waals surface area contributed by atoms with Crippen LogP contribution in [0.15, 0.2) is 36.4 Å². The van der Waals surface area contributed by atoms with E-state index in [1.54, 1.807) is 36.4 Å². The lowest BCUT2D eigenvalue weighted by Gasteiger charge is -2.09. The molecule has 8 heteroatoms. The highest BCUT2D eigenvalue weighted by molar-refractivity contribution is 6.08.